The number of halogens is 1. The normalized spacial score (nSPS) is 14.6. The Balaban J connectivity index is 1.60. The van der Waals surface area contributed by atoms with Crippen molar-refractivity contribution in [2.45, 2.75) is 31.8 Å². The highest BCUT2D eigenvalue weighted by Gasteiger charge is 2.25. The van der Waals surface area contributed by atoms with E-state index in [1.165, 1.54) is 24.0 Å². The van der Waals surface area contributed by atoms with Crippen LogP contribution < -0.4 is 5.32 Å². The maximum absolute atomic E-state index is 3.55. The third kappa shape index (κ3) is 3.46. The van der Waals surface area contributed by atoms with Gasteiger partial charge in [-0.05, 0) is 47.6 Å². The molecule has 0 spiro atoms. The average Bonchev–Trinajstić information content (AvgIpc) is 3.24. The highest BCUT2D eigenvalue weighted by atomic mass is 79.9. The first-order valence-corrected chi connectivity index (χ1v) is 7.65. The topological polar surface area (TPSA) is 12.0 Å². The van der Waals surface area contributed by atoms with Crippen LogP contribution in [0.15, 0.2) is 53.0 Å². The number of hydrogen-bond acceptors (Lipinski definition) is 1. The average molecular weight is 316 g/mol. The lowest BCUT2D eigenvalue weighted by molar-refractivity contribution is 0.687. The molecule has 2 aromatic rings. The highest BCUT2D eigenvalue weighted by molar-refractivity contribution is 9.10. The Kier molecular flexibility index (Phi) is 4.00. The van der Waals surface area contributed by atoms with Crippen molar-refractivity contribution in [3.05, 3.63) is 69.7 Å². The summed E-state index contributed by atoms with van der Waals surface area (Å²) in [6.45, 7) is 1.87. The molecule has 3 rings (SSSR count). The first-order valence-electron chi connectivity index (χ1n) is 6.86. The molecule has 1 aliphatic rings. The molecular weight excluding hydrogens is 298 g/mol. The fourth-order valence-corrected chi connectivity index (χ4v) is 2.92. The van der Waals surface area contributed by atoms with Gasteiger partial charge in [0.05, 0.1) is 0 Å². The number of nitrogens with one attached hydrogen (secondary N) is 1. The second-order valence-electron chi connectivity index (χ2n) is 5.21. The number of hydrogen-bond donors (Lipinski definition) is 1. The van der Waals surface area contributed by atoms with Gasteiger partial charge in [0.15, 0.2) is 0 Å². The highest BCUT2D eigenvalue weighted by Crippen LogP contribution is 2.41. The minimum Gasteiger partial charge on any atom is -0.309 e. The van der Waals surface area contributed by atoms with Gasteiger partial charge in [0.25, 0.3) is 0 Å². The second kappa shape index (κ2) is 5.89. The summed E-state index contributed by atoms with van der Waals surface area (Å²) in [4.78, 5) is 0. The lowest BCUT2D eigenvalue weighted by atomic mass is 10.0. The smallest absolute Gasteiger partial charge is 0.0211 e. The molecule has 0 aromatic heterocycles. The van der Waals surface area contributed by atoms with Crippen molar-refractivity contribution in [1.82, 2.24) is 5.32 Å². The first kappa shape index (κ1) is 12.9. The van der Waals surface area contributed by atoms with Crippen molar-refractivity contribution >= 4 is 15.9 Å². The molecule has 1 N–H and O–H groups in total. The van der Waals surface area contributed by atoms with Crippen LogP contribution in [0.4, 0.5) is 0 Å². The molecule has 2 aromatic carbocycles. The minimum absolute atomic E-state index is 0.823. The van der Waals surface area contributed by atoms with Gasteiger partial charge < -0.3 is 5.32 Å². The predicted molar refractivity (Wildman–Crippen MR) is 83.1 cm³/mol. The number of rotatable bonds is 5. The summed E-state index contributed by atoms with van der Waals surface area (Å²) in [6, 6.07) is 17.3. The molecule has 1 fully saturated rings. The minimum atomic E-state index is 0.823. The van der Waals surface area contributed by atoms with Crippen LogP contribution in [0.5, 0.6) is 0 Å². The lowest BCUT2D eigenvalue weighted by Gasteiger charge is -2.10. The van der Waals surface area contributed by atoms with Crippen LogP contribution in [-0.4, -0.2) is 0 Å². The monoisotopic (exact) mass is 315 g/mol. The van der Waals surface area contributed by atoms with Crippen molar-refractivity contribution < 1.29 is 0 Å². The summed E-state index contributed by atoms with van der Waals surface area (Å²) in [5.74, 6) is 0.823. The summed E-state index contributed by atoms with van der Waals surface area (Å²) in [5.41, 5.74) is 4.32. The van der Waals surface area contributed by atoms with Crippen LogP contribution in [-0.2, 0) is 13.1 Å². The zero-order valence-corrected chi connectivity index (χ0v) is 12.5. The molecule has 0 bridgehead atoms. The van der Waals surface area contributed by atoms with E-state index in [4.69, 9.17) is 0 Å². The molecule has 0 amide bonds. The van der Waals surface area contributed by atoms with Crippen molar-refractivity contribution in [1.29, 1.82) is 0 Å². The van der Waals surface area contributed by atoms with E-state index in [9.17, 15) is 0 Å². The van der Waals surface area contributed by atoms with Gasteiger partial charge in [0, 0.05) is 17.6 Å². The molecule has 1 nitrogen and oxygen atoms in total. The summed E-state index contributed by atoms with van der Waals surface area (Å²) < 4.78 is 1.14. The molecule has 1 saturated carbocycles. The van der Waals surface area contributed by atoms with Gasteiger partial charge in [-0.15, -0.1) is 0 Å². The van der Waals surface area contributed by atoms with Crippen LogP contribution in [0.1, 0.15) is 35.4 Å². The fourth-order valence-electron chi connectivity index (χ4n) is 2.48. The lowest BCUT2D eigenvalue weighted by Crippen LogP contribution is -2.13. The summed E-state index contributed by atoms with van der Waals surface area (Å²) >= 11 is 3.51. The molecule has 0 aliphatic heterocycles. The fraction of sp³-hybridized carbons (Fsp3) is 0.294. The van der Waals surface area contributed by atoms with Gasteiger partial charge in [-0.1, -0.05) is 52.3 Å². The van der Waals surface area contributed by atoms with Crippen LogP contribution in [0.3, 0.4) is 0 Å². The van der Waals surface area contributed by atoms with E-state index in [1.54, 1.807) is 5.56 Å². The molecule has 0 atom stereocenters. The molecule has 0 saturated heterocycles. The van der Waals surface area contributed by atoms with E-state index in [2.05, 4.69) is 69.8 Å². The Labute approximate surface area is 123 Å². The van der Waals surface area contributed by atoms with E-state index in [1.807, 2.05) is 0 Å². The predicted octanol–water partition coefficient (Wildman–Crippen LogP) is 4.62. The Morgan fingerprint density at radius 2 is 1.84 bits per heavy atom. The van der Waals surface area contributed by atoms with E-state index in [0.29, 0.717) is 0 Å². The van der Waals surface area contributed by atoms with Crippen molar-refractivity contribution in [3.8, 4) is 0 Å². The van der Waals surface area contributed by atoms with Crippen LogP contribution >= 0.6 is 15.9 Å². The summed E-state index contributed by atoms with van der Waals surface area (Å²) in [7, 11) is 0. The molecule has 2 heteroatoms. The van der Waals surface area contributed by atoms with Gasteiger partial charge in [-0.2, -0.15) is 0 Å². The van der Waals surface area contributed by atoms with Gasteiger partial charge >= 0.3 is 0 Å². The molecule has 0 radical (unpaired) electrons. The largest absolute Gasteiger partial charge is 0.309 e. The van der Waals surface area contributed by atoms with Crippen LogP contribution in [0.2, 0.25) is 0 Å². The summed E-state index contributed by atoms with van der Waals surface area (Å²) in [6.07, 6.45) is 2.73. The van der Waals surface area contributed by atoms with Crippen molar-refractivity contribution in [2.75, 3.05) is 0 Å². The zero-order chi connectivity index (χ0) is 13.1. The Hall–Kier alpha value is -1.12. The maximum Gasteiger partial charge on any atom is 0.0211 e. The quantitative estimate of drug-likeness (QED) is 0.849. The molecule has 1 aliphatic carbocycles. The molecular formula is C17H18BrN. The Morgan fingerprint density at radius 3 is 2.63 bits per heavy atom. The standard InChI is InChI=1S/C17H18BrN/c18-16-6-3-4-13(10-16)11-19-12-15-5-1-2-7-17(15)14-8-9-14/h1-7,10,14,19H,8-9,11-12H2. The SMILES string of the molecule is Brc1cccc(CNCc2ccccc2C2CC2)c1. The Morgan fingerprint density at radius 1 is 1.00 bits per heavy atom. The molecule has 19 heavy (non-hydrogen) atoms. The zero-order valence-electron chi connectivity index (χ0n) is 10.9. The molecule has 98 valence electrons. The van der Waals surface area contributed by atoms with E-state index in [0.717, 1.165) is 23.5 Å². The second-order valence-corrected chi connectivity index (χ2v) is 6.12. The molecule has 0 unspecified atom stereocenters. The number of benzene rings is 2. The van der Waals surface area contributed by atoms with E-state index in [-0.39, 0.29) is 0 Å². The van der Waals surface area contributed by atoms with Crippen LogP contribution in [0, 0.1) is 0 Å². The van der Waals surface area contributed by atoms with Crippen molar-refractivity contribution in [2.24, 2.45) is 0 Å². The third-order valence-electron chi connectivity index (χ3n) is 3.61. The van der Waals surface area contributed by atoms with E-state index >= 15 is 0 Å². The van der Waals surface area contributed by atoms with Gasteiger partial charge in [-0.25, -0.2) is 0 Å². The molecule has 0 heterocycles. The van der Waals surface area contributed by atoms with Gasteiger partial charge in [0.2, 0.25) is 0 Å². The van der Waals surface area contributed by atoms with Gasteiger partial charge in [0.1, 0.15) is 0 Å². The third-order valence-corrected chi connectivity index (χ3v) is 4.10. The van der Waals surface area contributed by atoms with E-state index < -0.39 is 0 Å². The summed E-state index contributed by atoms with van der Waals surface area (Å²) in [5, 5.41) is 3.55. The first-order chi connectivity index (χ1) is 9.33. The van der Waals surface area contributed by atoms with Crippen LogP contribution in [0.25, 0.3) is 0 Å². The van der Waals surface area contributed by atoms with Gasteiger partial charge in [-0.3, -0.25) is 0 Å². The Bertz CT molecular complexity index is 561. The maximum atomic E-state index is 3.55. The van der Waals surface area contributed by atoms with Crippen molar-refractivity contribution in [3.63, 3.8) is 0 Å².